The molecule has 0 aromatic heterocycles. The molecule has 1 aromatic rings. The van der Waals surface area contributed by atoms with Gasteiger partial charge in [-0.05, 0) is 44.0 Å². The first-order valence-electron chi connectivity index (χ1n) is 7.39. The van der Waals surface area contributed by atoms with Crippen molar-refractivity contribution < 1.29 is 4.79 Å². The van der Waals surface area contributed by atoms with Gasteiger partial charge >= 0.3 is 0 Å². The lowest BCUT2D eigenvalue weighted by atomic mass is 9.97. The van der Waals surface area contributed by atoms with Crippen LogP contribution >= 0.6 is 11.6 Å². The van der Waals surface area contributed by atoms with Crippen molar-refractivity contribution in [3.63, 3.8) is 0 Å². The van der Waals surface area contributed by atoms with E-state index in [2.05, 4.69) is 17.1 Å². The van der Waals surface area contributed by atoms with Crippen molar-refractivity contribution >= 4 is 17.5 Å². The van der Waals surface area contributed by atoms with Gasteiger partial charge in [0.2, 0.25) is 5.91 Å². The zero-order chi connectivity index (χ0) is 14.4. The number of rotatable bonds is 5. The van der Waals surface area contributed by atoms with Crippen LogP contribution in [0.3, 0.4) is 0 Å². The first-order chi connectivity index (χ1) is 9.70. The number of nitrogens with zero attached hydrogens (tertiary/aromatic N) is 1. The molecule has 0 aliphatic carbocycles. The Morgan fingerprint density at radius 3 is 2.60 bits per heavy atom. The molecular formula is C16H23ClN2O. The Morgan fingerprint density at radius 2 is 2.00 bits per heavy atom. The zero-order valence-corrected chi connectivity index (χ0v) is 12.8. The normalized spacial score (nSPS) is 18.7. The third-order valence-electron chi connectivity index (χ3n) is 4.04. The third-order valence-corrected chi connectivity index (χ3v) is 4.49. The van der Waals surface area contributed by atoms with Crippen LogP contribution < -0.4 is 5.32 Å². The predicted molar refractivity (Wildman–Crippen MR) is 82.9 cm³/mol. The summed E-state index contributed by atoms with van der Waals surface area (Å²) in [5, 5.41) is 2.40. The van der Waals surface area contributed by atoms with E-state index in [1.54, 1.807) is 0 Å². The van der Waals surface area contributed by atoms with E-state index in [1.807, 2.05) is 30.3 Å². The number of halogens is 1. The van der Waals surface area contributed by atoms with Gasteiger partial charge in [0.05, 0.1) is 0 Å². The molecule has 1 aromatic carbocycles. The molecule has 0 saturated carbocycles. The van der Waals surface area contributed by atoms with Crippen molar-refractivity contribution in [1.82, 2.24) is 10.2 Å². The third kappa shape index (κ3) is 4.22. The fourth-order valence-electron chi connectivity index (χ4n) is 2.61. The summed E-state index contributed by atoms with van der Waals surface area (Å²) in [5.41, 5.74) is 0.854. The van der Waals surface area contributed by atoms with Gasteiger partial charge in [0.1, 0.15) is 5.38 Å². The fourth-order valence-corrected chi connectivity index (χ4v) is 2.84. The first kappa shape index (κ1) is 15.3. The Balaban J connectivity index is 1.75. The van der Waals surface area contributed by atoms with Crippen molar-refractivity contribution in [2.24, 2.45) is 5.92 Å². The number of hydrogen-bond acceptors (Lipinski definition) is 2. The Bertz CT molecular complexity index is 416. The van der Waals surface area contributed by atoms with Crippen LogP contribution in [-0.4, -0.2) is 37.0 Å². The number of piperidine rings is 1. The van der Waals surface area contributed by atoms with E-state index in [-0.39, 0.29) is 5.91 Å². The van der Waals surface area contributed by atoms with Gasteiger partial charge in [0, 0.05) is 6.54 Å². The number of carbonyl (C=O) groups is 1. The second-order valence-electron chi connectivity index (χ2n) is 5.40. The second-order valence-corrected chi connectivity index (χ2v) is 5.83. The van der Waals surface area contributed by atoms with Crippen LogP contribution in [0, 0.1) is 5.92 Å². The van der Waals surface area contributed by atoms with Crippen LogP contribution in [0.2, 0.25) is 0 Å². The highest BCUT2D eigenvalue weighted by molar-refractivity contribution is 6.30. The number of benzene rings is 1. The molecule has 20 heavy (non-hydrogen) atoms. The molecule has 1 amide bonds. The van der Waals surface area contributed by atoms with Gasteiger partial charge in [-0.3, -0.25) is 4.79 Å². The van der Waals surface area contributed by atoms with Gasteiger partial charge in [0.25, 0.3) is 0 Å². The number of nitrogens with one attached hydrogen (secondary N) is 1. The lowest BCUT2D eigenvalue weighted by Crippen LogP contribution is -2.39. The maximum absolute atomic E-state index is 12.1. The van der Waals surface area contributed by atoms with Crippen LogP contribution in [-0.2, 0) is 4.79 Å². The van der Waals surface area contributed by atoms with Gasteiger partial charge in [0.15, 0.2) is 0 Å². The molecule has 0 radical (unpaired) electrons. The van der Waals surface area contributed by atoms with E-state index in [0.717, 1.165) is 44.6 Å². The standard InChI is InChI=1S/C16H23ClN2O/c1-2-19-10-8-13(9-11-19)12-18-16(20)15(17)14-6-4-3-5-7-14/h3-7,13,15H,2,8-12H2,1H3,(H,18,20). The van der Waals surface area contributed by atoms with Crippen molar-refractivity contribution in [2.45, 2.75) is 25.1 Å². The molecule has 0 bridgehead atoms. The van der Waals surface area contributed by atoms with Crippen molar-refractivity contribution in [3.8, 4) is 0 Å². The average Bonchev–Trinajstić information content (AvgIpc) is 2.53. The first-order valence-corrected chi connectivity index (χ1v) is 7.83. The quantitative estimate of drug-likeness (QED) is 0.847. The number of likely N-dealkylation sites (tertiary alicyclic amines) is 1. The van der Waals surface area contributed by atoms with E-state index in [4.69, 9.17) is 11.6 Å². The largest absolute Gasteiger partial charge is 0.354 e. The molecule has 1 fully saturated rings. The monoisotopic (exact) mass is 294 g/mol. The van der Waals surface area contributed by atoms with E-state index in [0.29, 0.717) is 5.92 Å². The van der Waals surface area contributed by atoms with Crippen molar-refractivity contribution in [2.75, 3.05) is 26.2 Å². The lowest BCUT2D eigenvalue weighted by molar-refractivity contribution is -0.121. The molecule has 1 heterocycles. The Labute approximate surface area is 126 Å². The summed E-state index contributed by atoms with van der Waals surface area (Å²) in [6.07, 6.45) is 2.32. The van der Waals surface area contributed by atoms with E-state index in [1.165, 1.54) is 0 Å². The minimum absolute atomic E-state index is 0.0872. The van der Waals surface area contributed by atoms with Gasteiger partial charge in [-0.25, -0.2) is 0 Å². The highest BCUT2D eigenvalue weighted by atomic mass is 35.5. The molecular weight excluding hydrogens is 272 g/mol. The summed E-state index contributed by atoms with van der Waals surface area (Å²) in [6, 6.07) is 9.50. The molecule has 1 aliphatic heterocycles. The van der Waals surface area contributed by atoms with Crippen molar-refractivity contribution in [3.05, 3.63) is 35.9 Å². The summed E-state index contributed by atoms with van der Waals surface area (Å²) in [4.78, 5) is 14.5. The average molecular weight is 295 g/mol. The summed E-state index contributed by atoms with van der Waals surface area (Å²) >= 11 is 6.20. The van der Waals surface area contributed by atoms with E-state index in [9.17, 15) is 4.79 Å². The summed E-state index contributed by atoms with van der Waals surface area (Å²) in [6.45, 7) is 6.34. The SMILES string of the molecule is CCN1CCC(CNC(=O)C(Cl)c2ccccc2)CC1. The van der Waals surface area contributed by atoms with Crippen molar-refractivity contribution in [1.29, 1.82) is 0 Å². The Hall–Kier alpha value is -1.06. The maximum atomic E-state index is 12.1. The highest BCUT2D eigenvalue weighted by Gasteiger charge is 2.21. The summed E-state index contributed by atoms with van der Waals surface area (Å²) in [7, 11) is 0. The van der Waals surface area contributed by atoms with Crippen LogP contribution in [0.25, 0.3) is 0 Å². The molecule has 1 aliphatic rings. The summed E-state index contributed by atoms with van der Waals surface area (Å²) < 4.78 is 0. The Kier molecular flexibility index (Phi) is 5.86. The highest BCUT2D eigenvalue weighted by Crippen LogP contribution is 2.21. The molecule has 110 valence electrons. The van der Waals surface area contributed by atoms with Crippen LogP contribution in [0.5, 0.6) is 0 Å². The topological polar surface area (TPSA) is 32.3 Å². The molecule has 3 nitrogen and oxygen atoms in total. The Morgan fingerprint density at radius 1 is 1.35 bits per heavy atom. The van der Waals surface area contributed by atoms with Crippen LogP contribution in [0.1, 0.15) is 30.7 Å². The lowest BCUT2D eigenvalue weighted by Gasteiger charge is -2.31. The predicted octanol–water partition coefficient (Wildman–Crippen LogP) is 2.81. The molecule has 1 saturated heterocycles. The minimum atomic E-state index is -0.591. The molecule has 1 unspecified atom stereocenters. The maximum Gasteiger partial charge on any atom is 0.242 e. The van der Waals surface area contributed by atoms with Gasteiger partial charge in [-0.15, -0.1) is 11.6 Å². The molecule has 0 spiro atoms. The van der Waals surface area contributed by atoms with E-state index < -0.39 is 5.38 Å². The summed E-state index contributed by atoms with van der Waals surface area (Å²) in [5.74, 6) is 0.497. The smallest absolute Gasteiger partial charge is 0.242 e. The van der Waals surface area contributed by atoms with Gasteiger partial charge < -0.3 is 10.2 Å². The number of carbonyl (C=O) groups excluding carboxylic acids is 1. The zero-order valence-electron chi connectivity index (χ0n) is 12.0. The molecule has 1 N–H and O–H groups in total. The number of amides is 1. The number of alkyl halides is 1. The molecule has 2 rings (SSSR count). The second kappa shape index (κ2) is 7.65. The van der Waals surface area contributed by atoms with E-state index >= 15 is 0 Å². The number of hydrogen-bond donors (Lipinski definition) is 1. The molecule has 1 atom stereocenters. The van der Waals surface area contributed by atoms with Gasteiger partial charge in [-0.2, -0.15) is 0 Å². The van der Waals surface area contributed by atoms with Gasteiger partial charge in [-0.1, -0.05) is 37.3 Å². The van der Waals surface area contributed by atoms with Crippen LogP contribution in [0.15, 0.2) is 30.3 Å². The minimum Gasteiger partial charge on any atom is -0.354 e. The van der Waals surface area contributed by atoms with Crippen LogP contribution in [0.4, 0.5) is 0 Å². The fraction of sp³-hybridized carbons (Fsp3) is 0.562. The molecule has 4 heteroatoms.